The summed E-state index contributed by atoms with van der Waals surface area (Å²) in [5.74, 6) is -2.92. The van der Waals surface area contributed by atoms with Gasteiger partial charge in [-0.15, -0.1) is 0 Å². The number of halogens is 2. The maximum atomic E-state index is 13.2. The van der Waals surface area contributed by atoms with E-state index >= 15 is 0 Å². The van der Waals surface area contributed by atoms with Crippen LogP contribution in [0.1, 0.15) is 11.1 Å². The fraction of sp³-hybridized carbons (Fsp3) is 0.143. The Labute approximate surface area is 98.3 Å². The molecule has 2 rings (SSSR count). The third-order valence-electron chi connectivity index (χ3n) is 2.70. The van der Waals surface area contributed by atoms with Crippen molar-refractivity contribution in [3.8, 4) is 16.9 Å². The highest BCUT2D eigenvalue weighted by Crippen LogP contribution is 2.30. The number of hydrogen-bond donors (Lipinski definition) is 1. The highest BCUT2D eigenvalue weighted by Gasteiger charge is 2.11. The highest BCUT2D eigenvalue weighted by atomic mass is 19.2. The molecule has 0 radical (unpaired) electrons. The summed E-state index contributed by atoms with van der Waals surface area (Å²) in [6, 6.07) is 7.99. The molecule has 1 N–H and O–H groups in total. The minimum Gasteiger partial charge on any atom is -0.505 e. The average molecular weight is 234 g/mol. The molecule has 88 valence electrons. The van der Waals surface area contributed by atoms with E-state index in [1.807, 2.05) is 32.0 Å². The molecule has 2 aromatic rings. The number of benzene rings is 2. The zero-order chi connectivity index (χ0) is 12.6. The van der Waals surface area contributed by atoms with E-state index < -0.39 is 17.4 Å². The van der Waals surface area contributed by atoms with Crippen LogP contribution in [0.5, 0.6) is 5.75 Å². The first-order valence-electron chi connectivity index (χ1n) is 5.24. The van der Waals surface area contributed by atoms with Crippen molar-refractivity contribution >= 4 is 0 Å². The summed E-state index contributed by atoms with van der Waals surface area (Å²) < 4.78 is 26.2. The Balaban J connectivity index is 2.61. The summed E-state index contributed by atoms with van der Waals surface area (Å²) in [4.78, 5) is 0. The fourth-order valence-corrected chi connectivity index (χ4v) is 1.87. The quantitative estimate of drug-likeness (QED) is 0.792. The van der Waals surface area contributed by atoms with E-state index in [-0.39, 0.29) is 0 Å². The van der Waals surface area contributed by atoms with E-state index in [1.54, 1.807) is 0 Å². The number of phenols is 1. The van der Waals surface area contributed by atoms with Crippen LogP contribution in [0.4, 0.5) is 8.78 Å². The molecule has 0 atom stereocenters. The van der Waals surface area contributed by atoms with Crippen LogP contribution in [0.25, 0.3) is 11.1 Å². The van der Waals surface area contributed by atoms with E-state index in [9.17, 15) is 13.9 Å². The Hall–Kier alpha value is -1.90. The second-order valence-electron chi connectivity index (χ2n) is 4.11. The second kappa shape index (κ2) is 4.17. The van der Waals surface area contributed by atoms with Crippen molar-refractivity contribution in [3.63, 3.8) is 0 Å². The van der Waals surface area contributed by atoms with Crippen molar-refractivity contribution in [2.45, 2.75) is 13.8 Å². The zero-order valence-corrected chi connectivity index (χ0v) is 9.59. The van der Waals surface area contributed by atoms with Crippen LogP contribution in [0, 0.1) is 25.5 Å². The Kier molecular flexibility index (Phi) is 2.84. The first kappa shape index (κ1) is 11.6. The fourth-order valence-electron chi connectivity index (χ4n) is 1.87. The summed E-state index contributed by atoms with van der Waals surface area (Å²) in [5, 5.41) is 9.27. The van der Waals surface area contributed by atoms with Gasteiger partial charge < -0.3 is 5.11 Å². The van der Waals surface area contributed by atoms with E-state index in [0.717, 1.165) is 22.8 Å². The van der Waals surface area contributed by atoms with Gasteiger partial charge in [-0.1, -0.05) is 23.8 Å². The number of phenolic OH excluding ortho intramolecular Hbond substituents is 1. The minimum atomic E-state index is -1.21. The van der Waals surface area contributed by atoms with E-state index in [4.69, 9.17) is 0 Å². The molecule has 0 bridgehead atoms. The standard InChI is InChI=1S/C14H12F2O/c1-8-3-4-11(9(2)5-8)10-6-12(15)14(16)13(17)7-10/h3-7,17H,1-2H3. The van der Waals surface area contributed by atoms with Gasteiger partial charge in [0.1, 0.15) is 0 Å². The summed E-state index contributed by atoms with van der Waals surface area (Å²) in [5.41, 5.74) is 3.30. The molecule has 0 aromatic heterocycles. The van der Waals surface area contributed by atoms with Crippen LogP contribution in [-0.2, 0) is 0 Å². The lowest BCUT2D eigenvalue weighted by atomic mass is 9.98. The lowest BCUT2D eigenvalue weighted by Gasteiger charge is -2.08. The summed E-state index contributed by atoms with van der Waals surface area (Å²) >= 11 is 0. The SMILES string of the molecule is Cc1ccc(-c2cc(O)c(F)c(F)c2)c(C)c1. The number of rotatable bonds is 1. The molecule has 0 unspecified atom stereocenters. The normalized spacial score (nSPS) is 10.6. The minimum absolute atomic E-state index is 0.471. The van der Waals surface area contributed by atoms with Crippen molar-refractivity contribution < 1.29 is 13.9 Å². The molecule has 0 amide bonds. The van der Waals surface area contributed by atoms with E-state index in [1.165, 1.54) is 6.07 Å². The van der Waals surface area contributed by atoms with Gasteiger partial charge in [0, 0.05) is 0 Å². The molecular formula is C14H12F2O. The largest absolute Gasteiger partial charge is 0.505 e. The molecule has 3 heteroatoms. The van der Waals surface area contributed by atoms with Gasteiger partial charge in [-0.05, 0) is 42.7 Å². The van der Waals surface area contributed by atoms with E-state index in [2.05, 4.69) is 0 Å². The predicted octanol–water partition coefficient (Wildman–Crippen LogP) is 3.95. The van der Waals surface area contributed by atoms with Crippen molar-refractivity contribution in [3.05, 3.63) is 53.1 Å². The number of aryl methyl sites for hydroxylation is 2. The first-order valence-corrected chi connectivity index (χ1v) is 5.24. The van der Waals surface area contributed by atoms with Gasteiger partial charge in [-0.2, -0.15) is 4.39 Å². The molecule has 0 saturated carbocycles. The first-order chi connectivity index (χ1) is 7.99. The van der Waals surface area contributed by atoms with Gasteiger partial charge in [-0.3, -0.25) is 0 Å². The zero-order valence-electron chi connectivity index (χ0n) is 9.59. The Morgan fingerprint density at radius 3 is 2.29 bits per heavy atom. The van der Waals surface area contributed by atoms with Gasteiger partial charge >= 0.3 is 0 Å². The Morgan fingerprint density at radius 2 is 1.71 bits per heavy atom. The predicted molar refractivity (Wildman–Crippen MR) is 62.9 cm³/mol. The topological polar surface area (TPSA) is 20.2 Å². The van der Waals surface area contributed by atoms with Crippen molar-refractivity contribution in [2.24, 2.45) is 0 Å². The van der Waals surface area contributed by atoms with Crippen LogP contribution in [0.15, 0.2) is 30.3 Å². The highest BCUT2D eigenvalue weighted by molar-refractivity contribution is 5.69. The molecule has 0 aliphatic rings. The summed E-state index contributed by atoms with van der Waals surface area (Å²) in [6.07, 6.45) is 0. The maximum Gasteiger partial charge on any atom is 0.200 e. The monoisotopic (exact) mass is 234 g/mol. The molecule has 1 nitrogen and oxygen atoms in total. The lowest BCUT2D eigenvalue weighted by Crippen LogP contribution is -1.89. The number of hydrogen-bond acceptors (Lipinski definition) is 1. The lowest BCUT2D eigenvalue weighted by molar-refractivity contribution is 0.407. The van der Waals surface area contributed by atoms with Gasteiger partial charge in [0.15, 0.2) is 17.4 Å². The molecule has 0 heterocycles. The van der Waals surface area contributed by atoms with Crippen molar-refractivity contribution in [1.82, 2.24) is 0 Å². The third kappa shape index (κ3) is 2.13. The Morgan fingerprint density at radius 1 is 1.00 bits per heavy atom. The summed E-state index contributed by atoms with van der Waals surface area (Å²) in [6.45, 7) is 3.85. The smallest absolute Gasteiger partial charge is 0.200 e. The Bertz CT molecular complexity index is 553. The van der Waals surface area contributed by atoms with Gasteiger partial charge in [0.25, 0.3) is 0 Å². The molecule has 17 heavy (non-hydrogen) atoms. The molecule has 0 spiro atoms. The molecule has 0 aliphatic carbocycles. The van der Waals surface area contributed by atoms with E-state index in [0.29, 0.717) is 5.56 Å². The second-order valence-corrected chi connectivity index (χ2v) is 4.11. The van der Waals surface area contributed by atoms with Crippen molar-refractivity contribution in [2.75, 3.05) is 0 Å². The van der Waals surface area contributed by atoms with Crippen LogP contribution in [0.3, 0.4) is 0 Å². The van der Waals surface area contributed by atoms with Gasteiger partial charge in [0.05, 0.1) is 0 Å². The maximum absolute atomic E-state index is 13.2. The molecule has 0 aliphatic heterocycles. The van der Waals surface area contributed by atoms with Crippen LogP contribution < -0.4 is 0 Å². The van der Waals surface area contributed by atoms with Gasteiger partial charge in [-0.25, -0.2) is 4.39 Å². The summed E-state index contributed by atoms with van der Waals surface area (Å²) in [7, 11) is 0. The number of aromatic hydroxyl groups is 1. The molecule has 0 saturated heterocycles. The van der Waals surface area contributed by atoms with Crippen LogP contribution in [-0.4, -0.2) is 5.11 Å². The van der Waals surface area contributed by atoms with Crippen LogP contribution in [0.2, 0.25) is 0 Å². The van der Waals surface area contributed by atoms with Gasteiger partial charge in [0.2, 0.25) is 0 Å². The van der Waals surface area contributed by atoms with Crippen molar-refractivity contribution in [1.29, 1.82) is 0 Å². The van der Waals surface area contributed by atoms with Crippen LogP contribution >= 0.6 is 0 Å². The molecule has 0 fully saturated rings. The molecule has 2 aromatic carbocycles. The molecular weight excluding hydrogens is 222 g/mol. The average Bonchev–Trinajstić information content (AvgIpc) is 2.25. The third-order valence-corrected chi connectivity index (χ3v) is 2.70.